The molecule has 0 amide bonds. The van der Waals surface area contributed by atoms with Crippen LogP contribution in [0.3, 0.4) is 0 Å². The van der Waals surface area contributed by atoms with Gasteiger partial charge in [0.25, 0.3) is 5.56 Å². The van der Waals surface area contributed by atoms with Crippen LogP contribution in [0.4, 0.5) is 11.5 Å². The number of aromatic nitrogens is 5. The molecule has 1 aromatic carbocycles. The van der Waals surface area contributed by atoms with Crippen LogP contribution in [-0.4, -0.2) is 50.7 Å². The van der Waals surface area contributed by atoms with Gasteiger partial charge >= 0.3 is 0 Å². The van der Waals surface area contributed by atoms with Crippen molar-refractivity contribution < 1.29 is 0 Å². The predicted molar refractivity (Wildman–Crippen MR) is 118 cm³/mol. The van der Waals surface area contributed by atoms with Gasteiger partial charge in [-0.25, -0.2) is 15.0 Å². The van der Waals surface area contributed by atoms with E-state index in [-0.39, 0.29) is 11.6 Å². The lowest BCUT2D eigenvalue weighted by Crippen LogP contribution is -2.46. The zero-order chi connectivity index (χ0) is 20.7. The summed E-state index contributed by atoms with van der Waals surface area (Å²) in [6.45, 7) is 7.43. The van der Waals surface area contributed by atoms with Crippen LogP contribution in [0.1, 0.15) is 19.9 Å². The monoisotopic (exact) mass is 401 g/mol. The minimum Gasteiger partial charge on any atom is -0.368 e. The molecule has 1 saturated heterocycles. The molecule has 0 saturated carbocycles. The van der Waals surface area contributed by atoms with E-state index in [9.17, 15) is 4.79 Å². The van der Waals surface area contributed by atoms with Crippen molar-refractivity contribution in [1.82, 2.24) is 24.5 Å². The highest BCUT2D eigenvalue weighted by Gasteiger charge is 2.19. The maximum Gasteiger partial charge on any atom is 0.261 e. The highest BCUT2D eigenvalue weighted by atomic mass is 16.1. The van der Waals surface area contributed by atoms with Gasteiger partial charge in [-0.3, -0.25) is 14.3 Å². The molecule has 0 bridgehead atoms. The number of nitrogens with zero attached hydrogens (tertiary/aromatic N) is 7. The number of hydrogen-bond acceptors (Lipinski definition) is 7. The zero-order valence-electron chi connectivity index (χ0n) is 17.1. The molecule has 1 aliphatic heterocycles. The van der Waals surface area contributed by atoms with E-state index < -0.39 is 0 Å². The van der Waals surface area contributed by atoms with Crippen LogP contribution in [0.15, 0.2) is 53.8 Å². The van der Waals surface area contributed by atoms with Crippen molar-refractivity contribution in [3.63, 3.8) is 0 Å². The first-order chi connectivity index (χ1) is 14.6. The lowest BCUT2D eigenvalue weighted by molar-refractivity contribution is 0.573. The topological polar surface area (TPSA) is 80.0 Å². The Labute approximate surface area is 173 Å². The molecule has 8 nitrogen and oxygen atoms in total. The third-order valence-corrected chi connectivity index (χ3v) is 5.61. The van der Waals surface area contributed by atoms with Crippen LogP contribution >= 0.6 is 0 Å². The number of fused-ring (bicyclic) bond motifs is 2. The maximum absolute atomic E-state index is 12.6. The molecule has 0 unspecified atom stereocenters. The van der Waals surface area contributed by atoms with Crippen LogP contribution in [0.5, 0.6) is 0 Å². The summed E-state index contributed by atoms with van der Waals surface area (Å²) < 4.78 is 1.67. The van der Waals surface area contributed by atoms with Crippen LogP contribution in [0.25, 0.3) is 22.1 Å². The molecule has 1 aliphatic rings. The molecule has 0 aliphatic carbocycles. The summed E-state index contributed by atoms with van der Waals surface area (Å²) in [5.74, 6) is 0.928. The molecule has 0 radical (unpaired) electrons. The first kappa shape index (κ1) is 18.5. The van der Waals surface area contributed by atoms with Gasteiger partial charge in [-0.05, 0) is 44.2 Å². The second-order valence-electron chi connectivity index (χ2n) is 7.79. The summed E-state index contributed by atoms with van der Waals surface area (Å²) in [6.07, 6.45) is 4.99. The van der Waals surface area contributed by atoms with Crippen molar-refractivity contribution in [2.24, 2.45) is 0 Å². The lowest BCUT2D eigenvalue weighted by atomic mass is 10.2. The molecule has 0 spiro atoms. The summed E-state index contributed by atoms with van der Waals surface area (Å²) in [5, 5.41) is 0.662. The van der Waals surface area contributed by atoms with Gasteiger partial charge in [0, 0.05) is 50.3 Å². The Balaban J connectivity index is 1.35. The van der Waals surface area contributed by atoms with Crippen LogP contribution in [0.2, 0.25) is 0 Å². The van der Waals surface area contributed by atoms with E-state index in [0.29, 0.717) is 11.0 Å². The first-order valence-corrected chi connectivity index (χ1v) is 10.2. The summed E-state index contributed by atoms with van der Waals surface area (Å²) in [4.78, 5) is 35.0. The van der Waals surface area contributed by atoms with Crippen LogP contribution in [0, 0.1) is 0 Å². The molecule has 4 aromatic rings. The molecule has 152 valence electrons. The molecule has 0 N–H and O–H groups in total. The maximum atomic E-state index is 12.6. The third-order valence-electron chi connectivity index (χ3n) is 5.61. The van der Waals surface area contributed by atoms with Crippen molar-refractivity contribution in [2.45, 2.75) is 19.9 Å². The molecule has 3 aromatic heterocycles. The van der Waals surface area contributed by atoms with Gasteiger partial charge < -0.3 is 9.80 Å². The Morgan fingerprint density at radius 3 is 2.43 bits per heavy atom. The molecular formula is C22H23N7O. The summed E-state index contributed by atoms with van der Waals surface area (Å²) in [5.41, 5.74) is 3.32. The number of pyridine rings is 1. The minimum atomic E-state index is 0.0110. The fourth-order valence-electron chi connectivity index (χ4n) is 3.90. The Morgan fingerprint density at radius 1 is 0.867 bits per heavy atom. The van der Waals surface area contributed by atoms with E-state index >= 15 is 0 Å². The van der Waals surface area contributed by atoms with Gasteiger partial charge in [0.15, 0.2) is 5.65 Å². The van der Waals surface area contributed by atoms with Crippen molar-refractivity contribution in [2.75, 3.05) is 36.0 Å². The predicted octanol–water partition coefficient (Wildman–Crippen LogP) is 2.64. The van der Waals surface area contributed by atoms with Crippen LogP contribution in [-0.2, 0) is 0 Å². The van der Waals surface area contributed by atoms with E-state index in [0.717, 1.165) is 48.7 Å². The molecule has 8 heteroatoms. The Kier molecular flexibility index (Phi) is 4.54. The van der Waals surface area contributed by atoms with Gasteiger partial charge in [0.2, 0.25) is 0 Å². The fraction of sp³-hybridized carbons (Fsp3) is 0.318. The summed E-state index contributed by atoms with van der Waals surface area (Å²) in [7, 11) is 0. The first-order valence-electron chi connectivity index (χ1n) is 10.2. The number of benzene rings is 1. The number of anilines is 2. The molecule has 1 fully saturated rings. The average Bonchev–Trinajstić information content (AvgIpc) is 2.78. The zero-order valence-corrected chi connectivity index (χ0v) is 17.1. The smallest absolute Gasteiger partial charge is 0.261 e. The largest absolute Gasteiger partial charge is 0.368 e. The van der Waals surface area contributed by atoms with E-state index in [1.54, 1.807) is 23.3 Å². The standard InChI is InChI=1S/C22H23N7O/c1-15(2)29-14-25-19-13-16(3-4-17(19)22(29)30)27-9-11-28(12-10-27)20-6-5-18-21(26-20)24-8-7-23-18/h3-8,13-15H,9-12H2,1-2H3. The summed E-state index contributed by atoms with van der Waals surface area (Å²) in [6, 6.07) is 10.0. The molecule has 30 heavy (non-hydrogen) atoms. The molecule has 0 atom stereocenters. The number of piperazine rings is 1. The lowest BCUT2D eigenvalue weighted by Gasteiger charge is -2.36. The quantitative estimate of drug-likeness (QED) is 0.522. The van der Waals surface area contributed by atoms with Gasteiger partial charge in [-0.15, -0.1) is 0 Å². The van der Waals surface area contributed by atoms with Gasteiger partial charge in [0.05, 0.1) is 17.2 Å². The minimum absolute atomic E-state index is 0.0110. The third kappa shape index (κ3) is 3.24. The highest BCUT2D eigenvalue weighted by molar-refractivity contribution is 5.81. The second-order valence-corrected chi connectivity index (χ2v) is 7.79. The Bertz CT molecular complexity index is 1280. The fourth-order valence-corrected chi connectivity index (χ4v) is 3.90. The average molecular weight is 401 g/mol. The normalized spacial score (nSPS) is 14.8. The van der Waals surface area contributed by atoms with Crippen molar-refractivity contribution in [3.8, 4) is 0 Å². The van der Waals surface area contributed by atoms with Crippen molar-refractivity contribution in [1.29, 1.82) is 0 Å². The van der Waals surface area contributed by atoms with E-state index in [1.807, 2.05) is 44.2 Å². The second kappa shape index (κ2) is 7.37. The molecule has 4 heterocycles. The van der Waals surface area contributed by atoms with Gasteiger partial charge in [-0.1, -0.05) is 0 Å². The SMILES string of the molecule is CC(C)n1cnc2cc(N3CCN(c4ccc5nccnc5n4)CC3)ccc2c1=O. The van der Waals surface area contributed by atoms with Crippen LogP contribution < -0.4 is 15.4 Å². The Morgan fingerprint density at radius 2 is 1.63 bits per heavy atom. The number of hydrogen-bond donors (Lipinski definition) is 0. The number of rotatable bonds is 3. The van der Waals surface area contributed by atoms with E-state index in [4.69, 9.17) is 0 Å². The summed E-state index contributed by atoms with van der Waals surface area (Å²) >= 11 is 0. The van der Waals surface area contributed by atoms with E-state index in [1.165, 1.54) is 0 Å². The molecular weight excluding hydrogens is 378 g/mol. The van der Waals surface area contributed by atoms with Gasteiger partial charge in [0.1, 0.15) is 11.3 Å². The van der Waals surface area contributed by atoms with Crippen molar-refractivity contribution in [3.05, 3.63) is 59.4 Å². The van der Waals surface area contributed by atoms with E-state index in [2.05, 4.69) is 29.7 Å². The van der Waals surface area contributed by atoms with Gasteiger partial charge in [-0.2, -0.15) is 0 Å². The van der Waals surface area contributed by atoms with Crippen molar-refractivity contribution >= 4 is 33.6 Å². The molecule has 5 rings (SSSR count). The Hall–Kier alpha value is -3.55. The highest BCUT2D eigenvalue weighted by Crippen LogP contribution is 2.23.